The van der Waals surface area contributed by atoms with E-state index >= 15 is 0 Å². The van der Waals surface area contributed by atoms with Crippen LogP contribution in [-0.4, -0.2) is 57.1 Å². The van der Waals surface area contributed by atoms with E-state index in [4.69, 9.17) is 0 Å². The van der Waals surface area contributed by atoms with Crippen LogP contribution in [0.5, 0.6) is 0 Å². The largest absolute Gasteiger partial charge is 0.319 e. The van der Waals surface area contributed by atoms with Crippen LogP contribution in [0.25, 0.3) is 22.0 Å². The third kappa shape index (κ3) is 5.16. The topological polar surface area (TPSA) is 77.1 Å². The number of anilines is 1. The highest BCUT2D eigenvalue weighted by molar-refractivity contribution is 6.11. The van der Waals surface area contributed by atoms with Crippen LogP contribution < -0.4 is 5.32 Å². The van der Waals surface area contributed by atoms with Crippen molar-refractivity contribution < 1.29 is 13.6 Å². The third-order valence-electron chi connectivity index (χ3n) is 7.45. The number of amides is 1. The summed E-state index contributed by atoms with van der Waals surface area (Å²) >= 11 is 0. The molecule has 4 heterocycles. The summed E-state index contributed by atoms with van der Waals surface area (Å²) in [6.07, 6.45) is 6.31. The van der Waals surface area contributed by atoms with E-state index in [0.29, 0.717) is 28.7 Å². The van der Waals surface area contributed by atoms with Crippen LogP contribution in [0.3, 0.4) is 0 Å². The number of hydrogen-bond donors (Lipinski definition) is 2. The number of fused-ring (bicyclic) bond motifs is 1. The SMILES string of the molecule is O=C(Nc1ccc(CN2CCC2)nc1)c1n[nH]c2ccc(-c3cc(CN4CCCCC4)cc(F)c3F)cc12. The molecule has 0 radical (unpaired) electrons. The van der Waals surface area contributed by atoms with Crippen LogP contribution in [0, 0.1) is 11.6 Å². The highest BCUT2D eigenvalue weighted by atomic mass is 19.2. The Morgan fingerprint density at radius 1 is 0.921 bits per heavy atom. The van der Waals surface area contributed by atoms with Gasteiger partial charge in [0.2, 0.25) is 0 Å². The molecule has 0 aliphatic carbocycles. The molecule has 7 nitrogen and oxygen atoms in total. The fraction of sp³-hybridized carbons (Fsp3) is 0.345. The standard InChI is InChI=1S/C29H30F2N6O/c30-25-14-19(17-36-9-2-1-3-10-36)13-23(27(25)31)20-5-8-26-24(15-20)28(35-34-26)29(38)33-21-6-7-22(32-16-21)18-37-11-4-12-37/h5-8,13-16H,1-4,9-12,17-18H2,(H,33,38)(H,34,35). The summed E-state index contributed by atoms with van der Waals surface area (Å²) in [5, 5.41) is 10.4. The van der Waals surface area contributed by atoms with Crippen molar-refractivity contribution in [3.8, 4) is 11.1 Å². The normalized spacial score (nSPS) is 16.5. The Bertz CT molecular complexity index is 1460. The monoisotopic (exact) mass is 516 g/mol. The zero-order valence-corrected chi connectivity index (χ0v) is 21.1. The molecule has 0 spiro atoms. The minimum Gasteiger partial charge on any atom is -0.319 e. The molecule has 1 amide bonds. The molecule has 0 bridgehead atoms. The maximum Gasteiger partial charge on any atom is 0.276 e. The number of halogens is 2. The van der Waals surface area contributed by atoms with Crippen LogP contribution in [0.1, 0.15) is 47.4 Å². The molecule has 2 aromatic carbocycles. The average Bonchev–Trinajstić information content (AvgIpc) is 3.33. The Kier molecular flexibility index (Phi) is 6.86. The second-order valence-corrected chi connectivity index (χ2v) is 10.2. The molecule has 4 aromatic rings. The molecule has 196 valence electrons. The molecule has 6 rings (SSSR count). The van der Waals surface area contributed by atoms with Crippen LogP contribution >= 0.6 is 0 Å². The zero-order chi connectivity index (χ0) is 26.1. The number of benzene rings is 2. The van der Waals surface area contributed by atoms with E-state index in [2.05, 4.69) is 30.3 Å². The first kappa shape index (κ1) is 24.6. The Morgan fingerprint density at radius 3 is 2.45 bits per heavy atom. The predicted molar refractivity (Wildman–Crippen MR) is 143 cm³/mol. The summed E-state index contributed by atoms with van der Waals surface area (Å²) in [6.45, 7) is 5.49. The summed E-state index contributed by atoms with van der Waals surface area (Å²) < 4.78 is 29.6. The van der Waals surface area contributed by atoms with Crippen molar-refractivity contribution in [1.29, 1.82) is 0 Å². The molecule has 2 aliphatic rings. The molecule has 9 heteroatoms. The van der Waals surface area contributed by atoms with Gasteiger partial charge in [-0.3, -0.25) is 24.7 Å². The van der Waals surface area contributed by atoms with Gasteiger partial charge in [0, 0.05) is 24.0 Å². The summed E-state index contributed by atoms with van der Waals surface area (Å²) in [5.74, 6) is -2.17. The lowest BCUT2D eigenvalue weighted by molar-refractivity contribution is 0.102. The smallest absolute Gasteiger partial charge is 0.276 e. The summed E-state index contributed by atoms with van der Waals surface area (Å²) in [4.78, 5) is 22.1. The minimum atomic E-state index is -0.898. The zero-order valence-electron chi connectivity index (χ0n) is 21.1. The number of pyridine rings is 1. The number of aromatic nitrogens is 3. The lowest BCUT2D eigenvalue weighted by Gasteiger charge is -2.30. The van der Waals surface area contributed by atoms with E-state index in [1.54, 1.807) is 30.5 Å². The number of carbonyl (C=O) groups is 1. The first-order valence-electron chi connectivity index (χ1n) is 13.2. The van der Waals surface area contributed by atoms with Gasteiger partial charge in [0.25, 0.3) is 5.91 Å². The van der Waals surface area contributed by atoms with Crippen molar-refractivity contribution in [2.24, 2.45) is 0 Å². The van der Waals surface area contributed by atoms with E-state index in [1.165, 1.54) is 18.9 Å². The van der Waals surface area contributed by atoms with Gasteiger partial charge < -0.3 is 5.32 Å². The number of piperidine rings is 1. The highest BCUT2D eigenvalue weighted by Crippen LogP contribution is 2.30. The van der Waals surface area contributed by atoms with Gasteiger partial charge >= 0.3 is 0 Å². The van der Waals surface area contributed by atoms with Gasteiger partial charge in [0.05, 0.1) is 23.1 Å². The average molecular weight is 517 g/mol. The van der Waals surface area contributed by atoms with E-state index in [9.17, 15) is 13.6 Å². The van der Waals surface area contributed by atoms with E-state index < -0.39 is 17.5 Å². The van der Waals surface area contributed by atoms with Crippen molar-refractivity contribution in [2.75, 3.05) is 31.5 Å². The summed E-state index contributed by atoms with van der Waals surface area (Å²) in [5.41, 5.74) is 3.72. The molecule has 0 saturated carbocycles. The Morgan fingerprint density at radius 2 is 1.71 bits per heavy atom. The number of H-pyrrole nitrogens is 1. The van der Waals surface area contributed by atoms with Crippen LogP contribution in [0.15, 0.2) is 48.7 Å². The number of rotatable bonds is 7. The van der Waals surface area contributed by atoms with Crippen molar-refractivity contribution in [3.05, 3.63) is 77.2 Å². The summed E-state index contributed by atoms with van der Waals surface area (Å²) in [7, 11) is 0. The van der Waals surface area contributed by atoms with Gasteiger partial charge in [-0.25, -0.2) is 8.78 Å². The lowest BCUT2D eigenvalue weighted by atomic mass is 9.99. The maximum atomic E-state index is 15.0. The fourth-order valence-electron chi connectivity index (χ4n) is 5.23. The molecule has 0 unspecified atom stereocenters. The second kappa shape index (κ2) is 10.6. The molecular weight excluding hydrogens is 486 g/mol. The van der Waals surface area contributed by atoms with Crippen LogP contribution in [-0.2, 0) is 13.1 Å². The van der Waals surface area contributed by atoms with Gasteiger partial charge in [-0.15, -0.1) is 0 Å². The van der Waals surface area contributed by atoms with Gasteiger partial charge in [-0.05, 0) is 93.0 Å². The second-order valence-electron chi connectivity index (χ2n) is 10.2. The van der Waals surface area contributed by atoms with Crippen LogP contribution in [0.2, 0.25) is 0 Å². The molecule has 38 heavy (non-hydrogen) atoms. The van der Waals surface area contributed by atoms with Crippen molar-refractivity contribution in [2.45, 2.75) is 38.8 Å². The quantitative estimate of drug-likeness (QED) is 0.347. The molecule has 2 fully saturated rings. The number of nitrogens with zero attached hydrogens (tertiary/aromatic N) is 4. The molecule has 2 aliphatic heterocycles. The van der Waals surface area contributed by atoms with E-state index in [1.807, 2.05) is 12.1 Å². The molecule has 2 N–H and O–H groups in total. The Labute approximate surface area is 219 Å². The number of hydrogen-bond acceptors (Lipinski definition) is 5. The number of nitrogens with one attached hydrogen (secondary N) is 2. The molecular formula is C29H30F2N6O. The van der Waals surface area contributed by atoms with Gasteiger partial charge in [-0.1, -0.05) is 12.5 Å². The predicted octanol–water partition coefficient (Wildman–Crippen LogP) is 5.35. The minimum absolute atomic E-state index is 0.174. The molecule has 0 atom stereocenters. The van der Waals surface area contributed by atoms with Crippen molar-refractivity contribution >= 4 is 22.5 Å². The number of carbonyl (C=O) groups excluding carboxylic acids is 1. The number of aromatic amines is 1. The first-order valence-corrected chi connectivity index (χ1v) is 13.2. The number of likely N-dealkylation sites (tertiary alicyclic amines) is 2. The van der Waals surface area contributed by atoms with E-state index in [-0.39, 0.29) is 11.3 Å². The van der Waals surface area contributed by atoms with E-state index in [0.717, 1.165) is 56.8 Å². The molecule has 2 aromatic heterocycles. The Hall–Kier alpha value is -3.69. The van der Waals surface area contributed by atoms with Crippen molar-refractivity contribution in [1.82, 2.24) is 25.0 Å². The maximum absolute atomic E-state index is 15.0. The van der Waals surface area contributed by atoms with Gasteiger partial charge in [0.15, 0.2) is 17.3 Å². The third-order valence-corrected chi connectivity index (χ3v) is 7.45. The van der Waals surface area contributed by atoms with Gasteiger partial charge in [-0.2, -0.15) is 5.10 Å². The van der Waals surface area contributed by atoms with Crippen molar-refractivity contribution in [3.63, 3.8) is 0 Å². The molecule has 2 saturated heterocycles. The summed E-state index contributed by atoms with van der Waals surface area (Å²) in [6, 6.07) is 11.9. The Balaban J connectivity index is 1.24. The van der Waals surface area contributed by atoms with Gasteiger partial charge in [0.1, 0.15) is 0 Å². The van der Waals surface area contributed by atoms with Crippen LogP contribution in [0.4, 0.5) is 14.5 Å². The lowest BCUT2D eigenvalue weighted by Crippen LogP contribution is -2.36. The highest BCUT2D eigenvalue weighted by Gasteiger charge is 2.20. The first-order chi connectivity index (χ1) is 18.5. The fourth-order valence-corrected chi connectivity index (χ4v) is 5.23.